The summed E-state index contributed by atoms with van der Waals surface area (Å²) >= 11 is 0. The molecule has 5 atom stereocenters. The van der Waals surface area contributed by atoms with Gasteiger partial charge in [0.05, 0.1) is 20.1 Å². The van der Waals surface area contributed by atoms with Crippen LogP contribution < -0.4 is 15.4 Å². The van der Waals surface area contributed by atoms with E-state index in [1.165, 1.54) is 20.3 Å². The lowest BCUT2D eigenvalue weighted by molar-refractivity contribution is -0.149. The number of halogens is 2. The van der Waals surface area contributed by atoms with E-state index >= 15 is 0 Å². The molecule has 0 aromatic heterocycles. The van der Waals surface area contributed by atoms with E-state index in [9.17, 15) is 13.6 Å². The van der Waals surface area contributed by atoms with Gasteiger partial charge in [0.2, 0.25) is 0 Å². The first-order valence-electron chi connectivity index (χ1n) is 10.7. The van der Waals surface area contributed by atoms with Gasteiger partial charge >= 0.3 is 5.97 Å². The maximum atomic E-state index is 14.1. The van der Waals surface area contributed by atoms with E-state index in [1.54, 1.807) is 0 Å². The van der Waals surface area contributed by atoms with Gasteiger partial charge in [-0.2, -0.15) is 0 Å². The minimum absolute atomic E-state index is 0.0354. The first-order chi connectivity index (χ1) is 15.0. The largest absolute Gasteiger partial charge is 0.493 e. The first kappa shape index (κ1) is 21.7. The van der Waals surface area contributed by atoms with Crippen LogP contribution in [0.3, 0.4) is 0 Å². The van der Waals surface area contributed by atoms with Gasteiger partial charge < -0.3 is 20.1 Å². The summed E-state index contributed by atoms with van der Waals surface area (Å²) in [6.07, 6.45) is 2.48. The summed E-state index contributed by atoms with van der Waals surface area (Å²) in [5.41, 5.74) is 1.55. The van der Waals surface area contributed by atoms with Gasteiger partial charge in [-0.1, -0.05) is 30.3 Å². The number of piperidine rings is 1. The molecular weight excluding hydrogens is 402 g/mol. The van der Waals surface area contributed by atoms with Crippen molar-refractivity contribution in [2.24, 2.45) is 11.8 Å². The second-order valence-corrected chi connectivity index (χ2v) is 8.35. The zero-order valence-corrected chi connectivity index (χ0v) is 17.7. The highest BCUT2D eigenvalue weighted by Crippen LogP contribution is 2.41. The summed E-state index contributed by atoms with van der Waals surface area (Å²) in [4.78, 5) is 12.3. The van der Waals surface area contributed by atoms with Gasteiger partial charge in [0.25, 0.3) is 0 Å². The topological polar surface area (TPSA) is 59.6 Å². The Morgan fingerprint density at radius 1 is 1.16 bits per heavy atom. The normalized spacial score (nSPS) is 27.5. The van der Waals surface area contributed by atoms with Crippen molar-refractivity contribution in [1.29, 1.82) is 0 Å². The SMILES string of the molecule is COC(=O)C1CCC2CC1NC(c1ccccc1)C2NCc1cc(F)cc(F)c1OC. The number of nitrogens with one attached hydrogen (secondary N) is 2. The molecule has 31 heavy (non-hydrogen) atoms. The van der Waals surface area contributed by atoms with Gasteiger partial charge in [0, 0.05) is 36.3 Å². The third kappa shape index (κ3) is 4.43. The lowest BCUT2D eigenvalue weighted by atomic mass is 9.69. The summed E-state index contributed by atoms with van der Waals surface area (Å²) < 4.78 is 38.1. The Morgan fingerprint density at radius 2 is 1.94 bits per heavy atom. The number of esters is 1. The third-order valence-electron chi connectivity index (χ3n) is 6.63. The Hall–Kier alpha value is -2.51. The molecule has 0 radical (unpaired) electrons. The van der Waals surface area contributed by atoms with Crippen LogP contribution >= 0.6 is 0 Å². The molecular formula is C24H28F2N2O3. The number of hydrogen-bond donors (Lipinski definition) is 2. The van der Waals surface area contributed by atoms with Crippen molar-refractivity contribution in [3.05, 3.63) is 65.2 Å². The third-order valence-corrected chi connectivity index (χ3v) is 6.63. The van der Waals surface area contributed by atoms with Gasteiger partial charge in [-0.15, -0.1) is 0 Å². The van der Waals surface area contributed by atoms with Gasteiger partial charge in [-0.3, -0.25) is 4.79 Å². The van der Waals surface area contributed by atoms with Crippen LogP contribution in [-0.2, 0) is 16.1 Å². The Kier molecular flexibility index (Phi) is 6.53. The lowest BCUT2D eigenvalue weighted by Crippen LogP contribution is -2.60. The molecule has 1 heterocycles. The summed E-state index contributed by atoms with van der Waals surface area (Å²) in [7, 11) is 2.81. The van der Waals surface area contributed by atoms with E-state index in [1.807, 2.05) is 18.2 Å². The van der Waals surface area contributed by atoms with E-state index in [4.69, 9.17) is 9.47 Å². The number of carbonyl (C=O) groups is 1. The molecule has 4 rings (SSSR count). The van der Waals surface area contributed by atoms with E-state index in [0.717, 1.165) is 30.9 Å². The van der Waals surface area contributed by atoms with Crippen LogP contribution in [0.2, 0.25) is 0 Å². The zero-order valence-electron chi connectivity index (χ0n) is 17.7. The number of hydrogen-bond acceptors (Lipinski definition) is 5. The smallest absolute Gasteiger partial charge is 0.310 e. The predicted molar refractivity (Wildman–Crippen MR) is 112 cm³/mol. The monoisotopic (exact) mass is 430 g/mol. The van der Waals surface area contributed by atoms with Gasteiger partial charge in [0.1, 0.15) is 5.82 Å². The number of rotatable bonds is 6. The quantitative estimate of drug-likeness (QED) is 0.684. The van der Waals surface area contributed by atoms with Crippen LogP contribution in [0.4, 0.5) is 8.78 Å². The van der Waals surface area contributed by atoms with Crippen molar-refractivity contribution in [1.82, 2.24) is 10.6 Å². The number of methoxy groups -OCH3 is 2. The van der Waals surface area contributed by atoms with E-state index in [2.05, 4.69) is 22.8 Å². The molecule has 2 aliphatic rings. The Morgan fingerprint density at radius 3 is 2.65 bits per heavy atom. The van der Waals surface area contributed by atoms with Crippen molar-refractivity contribution in [2.75, 3.05) is 14.2 Å². The molecule has 2 aromatic rings. The molecule has 1 aliphatic carbocycles. The van der Waals surface area contributed by atoms with Crippen molar-refractivity contribution in [3.63, 3.8) is 0 Å². The minimum Gasteiger partial charge on any atom is -0.493 e. The molecule has 2 bridgehead atoms. The number of benzene rings is 2. The highest BCUT2D eigenvalue weighted by atomic mass is 19.1. The summed E-state index contributed by atoms with van der Waals surface area (Å²) in [5, 5.41) is 7.20. The average Bonchev–Trinajstić information content (AvgIpc) is 2.78. The molecule has 2 N–H and O–H groups in total. The van der Waals surface area contributed by atoms with E-state index in [0.29, 0.717) is 11.5 Å². The van der Waals surface area contributed by atoms with Crippen molar-refractivity contribution in [3.8, 4) is 5.75 Å². The van der Waals surface area contributed by atoms with Crippen molar-refractivity contribution >= 4 is 5.97 Å². The Labute approximate surface area is 181 Å². The molecule has 0 amide bonds. The van der Waals surface area contributed by atoms with Gasteiger partial charge in [-0.05, 0) is 36.8 Å². The van der Waals surface area contributed by atoms with Gasteiger partial charge in [-0.25, -0.2) is 8.78 Å². The molecule has 2 fully saturated rings. The standard InChI is InChI=1S/C24H28F2N2O3/c1-30-23-16(10-17(25)12-19(23)26)13-27-21-15-8-9-18(24(29)31-2)20(11-15)28-22(21)14-6-4-3-5-7-14/h3-7,10,12,15,18,20-22,27-28H,8-9,11,13H2,1-2H3. The van der Waals surface area contributed by atoms with E-state index in [-0.39, 0.29) is 42.3 Å². The Bertz CT molecular complexity index is 925. The summed E-state index contributed by atoms with van der Waals surface area (Å²) in [5.74, 6) is -1.29. The van der Waals surface area contributed by atoms with E-state index < -0.39 is 11.6 Å². The molecule has 166 valence electrons. The fourth-order valence-electron chi connectivity index (χ4n) is 5.20. The molecule has 5 unspecified atom stereocenters. The van der Waals surface area contributed by atoms with Crippen LogP contribution in [-0.4, -0.2) is 32.3 Å². The summed E-state index contributed by atoms with van der Waals surface area (Å²) in [6.45, 7) is 0.273. The Balaban J connectivity index is 1.59. The molecule has 1 saturated carbocycles. The molecule has 5 nitrogen and oxygen atoms in total. The van der Waals surface area contributed by atoms with Crippen molar-refractivity contribution < 1.29 is 23.0 Å². The highest BCUT2D eigenvalue weighted by molar-refractivity contribution is 5.73. The molecule has 0 spiro atoms. The summed E-state index contributed by atoms with van der Waals surface area (Å²) in [6, 6.07) is 12.2. The van der Waals surface area contributed by atoms with Crippen LogP contribution in [0.15, 0.2) is 42.5 Å². The first-order valence-corrected chi connectivity index (χ1v) is 10.7. The maximum absolute atomic E-state index is 14.1. The van der Waals surface area contributed by atoms with Crippen molar-refractivity contribution in [2.45, 2.75) is 43.9 Å². The second kappa shape index (κ2) is 9.32. The van der Waals surface area contributed by atoms with Crippen LogP contribution in [0, 0.1) is 23.5 Å². The van der Waals surface area contributed by atoms with Crippen LogP contribution in [0.25, 0.3) is 0 Å². The number of ether oxygens (including phenoxy) is 2. The fourth-order valence-corrected chi connectivity index (χ4v) is 5.20. The van der Waals surface area contributed by atoms with Crippen LogP contribution in [0.1, 0.15) is 36.4 Å². The molecule has 1 aliphatic heterocycles. The van der Waals surface area contributed by atoms with Gasteiger partial charge in [0.15, 0.2) is 11.6 Å². The molecule has 7 heteroatoms. The average molecular weight is 430 g/mol. The van der Waals surface area contributed by atoms with Crippen LogP contribution in [0.5, 0.6) is 5.75 Å². The lowest BCUT2D eigenvalue weighted by Gasteiger charge is -2.49. The minimum atomic E-state index is -0.709. The number of carbonyl (C=O) groups excluding carboxylic acids is 1. The maximum Gasteiger partial charge on any atom is 0.310 e. The zero-order chi connectivity index (χ0) is 22.0. The predicted octanol–water partition coefficient (Wildman–Crippen LogP) is 3.73. The molecule has 2 aromatic carbocycles. The fraction of sp³-hybridized carbons (Fsp3) is 0.458. The molecule has 1 saturated heterocycles. The number of fused-ring (bicyclic) bond motifs is 2. The second-order valence-electron chi connectivity index (χ2n) is 8.35. The highest BCUT2D eigenvalue weighted by Gasteiger charge is 2.46.